The molecule has 0 amide bonds. The van der Waals surface area contributed by atoms with Crippen molar-refractivity contribution >= 4 is 17.9 Å². The van der Waals surface area contributed by atoms with Crippen LogP contribution in [-0.4, -0.2) is 71.0 Å². The number of carboxylic acid groups (broad SMARTS) is 3. The molecule has 1 unspecified atom stereocenters. The molecule has 1 saturated heterocycles. The molecule has 39 heavy (non-hydrogen) atoms. The molecule has 0 radical (unpaired) electrons. The number of hydrogen-bond donors (Lipinski definition) is 3. The van der Waals surface area contributed by atoms with Crippen molar-refractivity contribution in [3.63, 3.8) is 0 Å². The number of carboxylic acids is 3. The van der Waals surface area contributed by atoms with Gasteiger partial charge >= 0.3 is 17.9 Å². The summed E-state index contributed by atoms with van der Waals surface area (Å²) in [6.45, 7) is 3.22. The molecule has 1 fully saturated rings. The zero-order valence-corrected chi connectivity index (χ0v) is 22.4. The third-order valence-electron chi connectivity index (χ3n) is 6.37. The van der Waals surface area contributed by atoms with Crippen LogP contribution in [-0.2, 0) is 19.1 Å². The van der Waals surface area contributed by atoms with Crippen LogP contribution in [0.4, 0.5) is 0 Å². The highest BCUT2D eigenvalue weighted by Gasteiger charge is 2.24. The summed E-state index contributed by atoms with van der Waals surface area (Å²) in [5, 5.41) is 24.3. The Kier molecular flexibility index (Phi) is 14.3. The Hall–Kier alpha value is -3.69. The zero-order valence-electron chi connectivity index (χ0n) is 22.4. The molecule has 2 aromatic carbocycles. The summed E-state index contributed by atoms with van der Waals surface area (Å²) in [6.07, 6.45) is 7.71. The lowest BCUT2D eigenvalue weighted by Crippen LogP contribution is -2.38. The maximum Gasteiger partial charge on any atom is 0.328 e. The maximum absolute atomic E-state index is 10.6. The van der Waals surface area contributed by atoms with E-state index < -0.39 is 17.9 Å². The van der Waals surface area contributed by atoms with Crippen LogP contribution >= 0.6 is 0 Å². The van der Waals surface area contributed by atoms with Gasteiger partial charge in [-0.3, -0.25) is 4.79 Å². The molecule has 0 bridgehead atoms. The fraction of sp³-hybridized carbons (Fsp3) is 0.433. The first kappa shape index (κ1) is 31.5. The molecule has 1 heterocycles. The Bertz CT molecular complexity index is 1010. The summed E-state index contributed by atoms with van der Waals surface area (Å²) in [7, 11) is 1.68. The number of methoxy groups -OCH3 is 1. The molecule has 9 heteroatoms. The summed E-state index contributed by atoms with van der Waals surface area (Å²) in [5.74, 6) is -2.35. The summed E-state index contributed by atoms with van der Waals surface area (Å²) < 4.78 is 12.0. The second kappa shape index (κ2) is 17.8. The molecule has 0 saturated carbocycles. The minimum atomic E-state index is -1.26. The largest absolute Gasteiger partial charge is 0.497 e. The molecule has 1 aliphatic rings. The van der Waals surface area contributed by atoms with Crippen molar-refractivity contribution in [2.75, 3.05) is 26.7 Å². The van der Waals surface area contributed by atoms with Gasteiger partial charge in [0.25, 0.3) is 0 Å². The smallest absolute Gasteiger partial charge is 0.328 e. The van der Waals surface area contributed by atoms with Gasteiger partial charge in [-0.25, -0.2) is 9.59 Å². The fourth-order valence-corrected chi connectivity index (χ4v) is 4.33. The van der Waals surface area contributed by atoms with Gasteiger partial charge in [0, 0.05) is 31.7 Å². The number of ether oxygens (including phenoxy) is 2. The number of benzene rings is 2. The molecule has 1 aliphatic heterocycles. The van der Waals surface area contributed by atoms with E-state index >= 15 is 0 Å². The fourth-order valence-electron chi connectivity index (χ4n) is 4.33. The lowest BCUT2D eigenvalue weighted by molar-refractivity contribution is -0.137. The number of aliphatic carboxylic acids is 3. The van der Waals surface area contributed by atoms with E-state index in [2.05, 4.69) is 41.3 Å². The lowest BCUT2D eigenvalue weighted by atomic mass is 10.00. The first-order valence-corrected chi connectivity index (χ1v) is 13.2. The third kappa shape index (κ3) is 13.1. The van der Waals surface area contributed by atoms with E-state index in [0.717, 1.165) is 69.5 Å². The van der Waals surface area contributed by atoms with Crippen LogP contribution in [0.15, 0.2) is 66.7 Å². The summed E-state index contributed by atoms with van der Waals surface area (Å²) in [4.78, 5) is 32.2. The van der Waals surface area contributed by atoms with Gasteiger partial charge in [0.05, 0.1) is 13.2 Å². The second-order valence-corrected chi connectivity index (χ2v) is 9.31. The van der Waals surface area contributed by atoms with Crippen LogP contribution in [0.5, 0.6) is 5.75 Å². The van der Waals surface area contributed by atoms with E-state index in [4.69, 9.17) is 24.8 Å². The zero-order chi connectivity index (χ0) is 28.5. The number of hydrogen-bond acceptors (Lipinski definition) is 6. The molecule has 0 aromatic heterocycles. The Morgan fingerprint density at radius 2 is 1.41 bits per heavy atom. The second-order valence-electron chi connectivity index (χ2n) is 9.31. The lowest BCUT2D eigenvalue weighted by Gasteiger charge is -2.34. The first-order chi connectivity index (χ1) is 18.8. The molecular weight excluding hydrogens is 502 g/mol. The number of piperidine rings is 1. The van der Waals surface area contributed by atoms with Crippen molar-refractivity contribution in [2.24, 2.45) is 0 Å². The van der Waals surface area contributed by atoms with E-state index in [1.165, 1.54) is 5.56 Å². The summed E-state index contributed by atoms with van der Waals surface area (Å²) in [6, 6.07) is 18.6. The van der Waals surface area contributed by atoms with Crippen molar-refractivity contribution in [1.29, 1.82) is 0 Å². The van der Waals surface area contributed by atoms with E-state index in [9.17, 15) is 14.4 Å². The van der Waals surface area contributed by atoms with Gasteiger partial charge in [-0.1, -0.05) is 55.3 Å². The maximum atomic E-state index is 10.6. The van der Waals surface area contributed by atoms with Crippen molar-refractivity contribution in [3.05, 3.63) is 77.9 Å². The Balaban J connectivity index is 0.000000580. The summed E-state index contributed by atoms with van der Waals surface area (Å²) in [5.41, 5.74) is 2.33. The van der Waals surface area contributed by atoms with Gasteiger partial charge in [-0.05, 0) is 55.5 Å². The van der Waals surface area contributed by atoms with E-state index in [-0.39, 0.29) is 12.2 Å². The molecule has 1 atom stereocenters. The highest BCUT2D eigenvalue weighted by atomic mass is 16.5. The number of unbranched alkanes of at least 4 members (excludes halogenated alkanes) is 3. The molecule has 2 aromatic rings. The summed E-state index contributed by atoms with van der Waals surface area (Å²) >= 11 is 0. The topological polar surface area (TPSA) is 134 Å². The van der Waals surface area contributed by atoms with Crippen LogP contribution in [0.3, 0.4) is 0 Å². The highest BCUT2D eigenvalue weighted by Crippen LogP contribution is 2.31. The van der Waals surface area contributed by atoms with Crippen LogP contribution in [0, 0.1) is 0 Å². The number of carbonyl (C=O) groups is 3. The molecule has 3 N–H and O–H groups in total. The monoisotopic (exact) mass is 541 g/mol. The predicted molar refractivity (Wildman–Crippen MR) is 147 cm³/mol. The minimum Gasteiger partial charge on any atom is -0.497 e. The van der Waals surface area contributed by atoms with Crippen molar-refractivity contribution in [3.8, 4) is 5.75 Å². The predicted octanol–water partition coefficient (Wildman–Crippen LogP) is 5.01. The average Bonchev–Trinajstić information content (AvgIpc) is 2.94. The molecular formula is C30H39NO8. The third-order valence-corrected chi connectivity index (χ3v) is 6.37. The Morgan fingerprint density at radius 1 is 0.846 bits per heavy atom. The molecule has 0 spiro atoms. The van der Waals surface area contributed by atoms with Crippen LogP contribution in [0.25, 0.3) is 0 Å². The number of nitrogens with zero attached hydrogens (tertiary/aromatic N) is 1. The molecule has 3 rings (SSSR count). The number of likely N-dealkylation sites (tertiary alicyclic amines) is 1. The Labute approximate surface area is 229 Å². The highest BCUT2D eigenvalue weighted by molar-refractivity contribution is 5.89. The molecule has 9 nitrogen and oxygen atoms in total. The number of rotatable bonds is 14. The van der Waals surface area contributed by atoms with Gasteiger partial charge in [-0.2, -0.15) is 0 Å². The standard InChI is InChI=1S/C26H35NO4.C4H4O4/c1-30-23-14-12-22(13-15-23)26(21-9-5-4-6-10-21)31-24-16-19-27(20-17-24)18-8-3-2-7-11-25(28)29;5-3(6)1-2-4(7)8/h4-6,9-10,12-15,24,26H,2-3,7-8,11,16-20H2,1H3,(H,28,29);1-2H,(H,5,6)(H,7,8). The van der Waals surface area contributed by atoms with Crippen molar-refractivity contribution in [1.82, 2.24) is 4.90 Å². The van der Waals surface area contributed by atoms with Crippen molar-refractivity contribution < 1.29 is 39.2 Å². The van der Waals surface area contributed by atoms with Crippen molar-refractivity contribution in [2.45, 2.75) is 57.2 Å². The van der Waals surface area contributed by atoms with E-state index in [1.807, 2.05) is 18.2 Å². The van der Waals surface area contributed by atoms with Gasteiger partial charge in [0.15, 0.2) is 0 Å². The van der Waals surface area contributed by atoms with E-state index in [0.29, 0.717) is 18.6 Å². The minimum absolute atomic E-state index is 0.0714. The Morgan fingerprint density at radius 3 is 1.95 bits per heavy atom. The molecule has 212 valence electrons. The average molecular weight is 542 g/mol. The molecule has 0 aliphatic carbocycles. The van der Waals surface area contributed by atoms with E-state index in [1.54, 1.807) is 7.11 Å². The van der Waals surface area contributed by atoms with Gasteiger partial charge in [0.1, 0.15) is 11.9 Å². The van der Waals surface area contributed by atoms with Crippen LogP contribution < -0.4 is 4.74 Å². The van der Waals surface area contributed by atoms with Gasteiger partial charge in [0.2, 0.25) is 0 Å². The van der Waals surface area contributed by atoms with Crippen LogP contribution in [0.2, 0.25) is 0 Å². The van der Waals surface area contributed by atoms with Crippen LogP contribution in [0.1, 0.15) is 62.2 Å². The SMILES string of the molecule is COc1ccc(C(OC2CCN(CCCCCCC(=O)O)CC2)c2ccccc2)cc1.O=C(O)C=CC(=O)O. The quantitative estimate of drug-likeness (QED) is 0.223. The van der Waals surface area contributed by atoms with Gasteiger partial charge in [-0.15, -0.1) is 0 Å². The van der Waals surface area contributed by atoms with Gasteiger partial charge < -0.3 is 29.7 Å². The first-order valence-electron chi connectivity index (χ1n) is 13.2. The normalized spacial score (nSPS) is 14.8.